The number of fused-ring (bicyclic) bond motifs is 1. The standard InChI is InChI=1S/C25H24ClN3O3/c1-5-32-20-8-6-18(21(26)12-20)14-29-16(3)28-24-15(2)10-19(11-23(24)29)22-9-7-17(13-27-22)25(30)31-4/h6-13H,5,14H2,1-4H3. The number of aryl methyl sites for hydroxylation is 2. The fourth-order valence-corrected chi connectivity index (χ4v) is 3.97. The number of carbonyl (C=O) groups excluding carboxylic acids is 1. The van der Waals surface area contributed by atoms with Crippen molar-refractivity contribution in [3.05, 3.63) is 76.2 Å². The van der Waals surface area contributed by atoms with Crippen LogP contribution in [0.15, 0.2) is 48.7 Å². The minimum Gasteiger partial charge on any atom is -0.494 e. The van der Waals surface area contributed by atoms with Crippen LogP contribution in [0.3, 0.4) is 0 Å². The number of esters is 1. The molecule has 0 bridgehead atoms. The zero-order valence-electron chi connectivity index (χ0n) is 18.5. The Hall–Kier alpha value is -3.38. The first-order chi connectivity index (χ1) is 15.4. The summed E-state index contributed by atoms with van der Waals surface area (Å²) in [7, 11) is 1.35. The van der Waals surface area contributed by atoms with E-state index in [9.17, 15) is 4.79 Å². The van der Waals surface area contributed by atoms with Crippen molar-refractivity contribution in [3.8, 4) is 17.0 Å². The van der Waals surface area contributed by atoms with Gasteiger partial charge in [-0.1, -0.05) is 17.7 Å². The molecule has 164 valence electrons. The number of nitrogens with zero attached hydrogens (tertiary/aromatic N) is 3. The molecule has 32 heavy (non-hydrogen) atoms. The number of imidazole rings is 1. The molecular formula is C25H24ClN3O3. The number of pyridine rings is 1. The maximum atomic E-state index is 11.7. The van der Waals surface area contributed by atoms with Gasteiger partial charge < -0.3 is 14.0 Å². The first kappa shape index (κ1) is 21.8. The quantitative estimate of drug-likeness (QED) is 0.358. The first-order valence-corrected chi connectivity index (χ1v) is 10.7. The molecule has 0 saturated carbocycles. The van der Waals surface area contributed by atoms with Crippen molar-refractivity contribution in [2.45, 2.75) is 27.3 Å². The molecule has 0 amide bonds. The van der Waals surface area contributed by atoms with Crippen molar-refractivity contribution >= 4 is 28.6 Å². The van der Waals surface area contributed by atoms with Gasteiger partial charge in [0.1, 0.15) is 11.6 Å². The SMILES string of the molecule is CCOc1ccc(Cn2c(C)nc3c(C)cc(-c4ccc(C(=O)OC)cn4)cc32)c(Cl)c1. The van der Waals surface area contributed by atoms with E-state index >= 15 is 0 Å². The molecule has 0 aliphatic heterocycles. The molecular weight excluding hydrogens is 426 g/mol. The van der Waals surface area contributed by atoms with E-state index in [4.69, 9.17) is 26.1 Å². The van der Waals surface area contributed by atoms with E-state index in [1.165, 1.54) is 13.3 Å². The van der Waals surface area contributed by atoms with Gasteiger partial charge in [-0.05, 0) is 68.3 Å². The average molecular weight is 450 g/mol. The highest BCUT2D eigenvalue weighted by molar-refractivity contribution is 6.31. The number of aromatic nitrogens is 3. The molecule has 2 heterocycles. The Kier molecular flexibility index (Phi) is 6.15. The van der Waals surface area contributed by atoms with Crippen LogP contribution in [0.1, 0.15) is 34.2 Å². The number of rotatable bonds is 6. The van der Waals surface area contributed by atoms with E-state index in [1.54, 1.807) is 6.07 Å². The van der Waals surface area contributed by atoms with E-state index in [0.717, 1.165) is 45.0 Å². The van der Waals surface area contributed by atoms with Crippen LogP contribution in [0.5, 0.6) is 5.75 Å². The number of carbonyl (C=O) groups is 1. The highest BCUT2D eigenvalue weighted by Gasteiger charge is 2.15. The van der Waals surface area contributed by atoms with Crippen LogP contribution < -0.4 is 4.74 Å². The third kappa shape index (κ3) is 4.18. The van der Waals surface area contributed by atoms with Crippen LogP contribution >= 0.6 is 11.6 Å². The van der Waals surface area contributed by atoms with Crippen molar-refractivity contribution in [1.29, 1.82) is 0 Å². The number of ether oxygens (including phenoxy) is 2. The van der Waals surface area contributed by atoms with Crippen molar-refractivity contribution in [3.63, 3.8) is 0 Å². The third-order valence-electron chi connectivity index (χ3n) is 5.38. The molecule has 4 rings (SSSR count). The summed E-state index contributed by atoms with van der Waals surface area (Å²) >= 11 is 6.53. The summed E-state index contributed by atoms with van der Waals surface area (Å²) in [4.78, 5) is 20.9. The Bertz CT molecular complexity index is 1300. The average Bonchev–Trinajstić information content (AvgIpc) is 3.11. The minimum absolute atomic E-state index is 0.406. The van der Waals surface area contributed by atoms with Crippen LogP contribution in [0.4, 0.5) is 0 Å². The maximum Gasteiger partial charge on any atom is 0.339 e. The van der Waals surface area contributed by atoms with E-state index in [2.05, 4.69) is 21.7 Å². The van der Waals surface area contributed by atoms with Gasteiger partial charge in [-0.25, -0.2) is 9.78 Å². The van der Waals surface area contributed by atoms with Crippen LogP contribution in [-0.2, 0) is 11.3 Å². The summed E-state index contributed by atoms with van der Waals surface area (Å²) in [6, 6.07) is 13.4. The molecule has 0 aliphatic rings. The fourth-order valence-electron chi connectivity index (χ4n) is 3.74. The highest BCUT2D eigenvalue weighted by Crippen LogP contribution is 2.30. The van der Waals surface area contributed by atoms with Crippen molar-refractivity contribution < 1.29 is 14.3 Å². The Morgan fingerprint density at radius 3 is 2.59 bits per heavy atom. The van der Waals surface area contributed by atoms with Gasteiger partial charge in [0.2, 0.25) is 0 Å². The normalized spacial score (nSPS) is 11.0. The van der Waals surface area contributed by atoms with Gasteiger partial charge in [0.05, 0.1) is 42.6 Å². The molecule has 0 saturated heterocycles. The zero-order valence-corrected chi connectivity index (χ0v) is 19.2. The molecule has 0 fully saturated rings. The fraction of sp³-hybridized carbons (Fsp3) is 0.240. The van der Waals surface area contributed by atoms with Crippen LogP contribution in [0.25, 0.3) is 22.3 Å². The molecule has 0 aliphatic carbocycles. The summed E-state index contributed by atoms with van der Waals surface area (Å²) < 4.78 is 12.4. The lowest BCUT2D eigenvalue weighted by molar-refractivity contribution is 0.0600. The maximum absolute atomic E-state index is 11.7. The Morgan fingerprint density at radius 2 is 1.94 bits per heavy atom. The van der Waals surface area contributed by atoms with Crippen molar-refractivity contribution in [2.75, 3.05) is 13.7 Å². The topological polar surface area (TPSA) is 66.2 Å². The molecule has 0 radical (unpaired) electrons. The number of hydrogen-bond donors (Lipinski definition) is 0. The lowest BCUT2D eigenvalue weighted by Gasteiger charge is -2.12. The monoisotopic (exact) mass is 449 g/mol. The van der Waals surface area contributed by atoms with E-state index in [1.807, 2.05) is 45.0 Å². The van der Waals surface area contributed by atoms with Gasteiger partial charge in [0.25, 0.3) is 0 Å². The number of methoxy groups -OCH3 is 1. The first-order valence-electron chi connectivity index (χ1n) is 10.3. The van der Waals surface area contributed by atoms with Gasteiger partial charge in [0.15, 0.2) is 0 Å². The van der Waals surface area contributed by atoms with Crippen LogP contribution in [0.2, 0.25) is 5.02 Å². The van der Waals surface area contributed by atoms with Crippen LogP contribution in [0, 0.1) is 13.8 Å². The summed E-state index contributed by atoms with van der Waals surface area (Å²) in [5, 5.41) is 0.658. The molecule has 0 atom stereocenters. The summed E-state index contributed by atoms with van der Waals surface area (Å²) in [5.41, 5.74) is 6.12. The number of halogens is 1. The predicted octanol–water partition coefficient (Wildman–Crippen LogP) is 5.60. The zero-order chi connectivity index (χ0) is 22.8. The second kappa shape index (κ2) is 9.01. The molecule has 2 aromatic carbocycles. The molecule has 7 heteroatoms. The Labute approximate surface area is 191 Å². The van der Waals surface area contributed by atoms with Crippen molar-refractivity contribution in [2.24, 2.45) is 0 Å². The second-order valence-corrected chi connectivity index (χ2v) is 7.92. The van der Waals surface area contributed by atoms with E-state index in [0.29, 0.717) is 23.7 Å². The largest absolute Gasteiger partial charge is 0.494 e. The predicted molar refractivity (Wildman–Crippen MR) is 126 cm³/mol. The van der Waals surface area contributed by atoms with Gasteiger partial charge >= 0.3 is 5.97 Å². The Balaban J connectivity index is 1.74. The number of hydrogen-bond acceptors (Lipinski definition) is 5. The molecule has 0 N–H and O–H groups in total. The van der Waals surface area contributed by atoms with E-state index < -0.39 is 5.97 Å². The molecule has 4 aromatic rings. The third-order valence-corrected chi connectivity index (χ3v) is 5.73. The van der Waals surface area contributed by atoms with Crippen molar-refractivity contribution in [1.82, 2.24) is 14.5 Å². The van der Waals surface area contributed by atoms with Crippen LogP contribution in [-0.4, -0.2) is 34.2 Å². The Morgan fingerprint density at radius 1 is 1.12 bits per heavy atom. The van der Waals surface area contributed by atoms with E-state index in [-0.39, 0.29) is 0 Å². The molecule has 0 unspecified atom stereocenters. The lowest BCUT2D eigenvalue weighted by Crippen LogP contribution is -2.03. The van der Waals surface area contributed by atoms with Gasteiger partial charge in [-0.15, -0.1) is 0 Å². The lowest BCUT2D eigenvalue weighted by atomic mass is 10.1. The smallest absolute Gasteiger partial charge is 0.339 e. The molecule has 2 aromatic heterocycles. The van der Waals surface area contributed by atoms with Gasteiger partial charge in [-0.3, -0.25) is 4.98 Å². The second-order valence-electron chi connectivity index (χ2n) is 7.52. The minimum atomic E-state index is -0.406. The van der Waals surface area contributed by atoms with Gasteiger partial charge in [0, 0.05) is 16.8 Å². The number of benzene rings is 2. The summed E-state index contributed by atoms with van der Waals surface area (Å²) in [5.74, 6) is 1.25. The summed E-state index contributed by atoms with van der Waals surface area (Å²) in [6.45, 7) is 7.16. The molecule has 0 spiro atoms. The summed E-state index contributed by atoms with van der Waals surface area (Å²) in [6.07, 6.45) is 1.53. The molecule has 6 nitrogen and oxygen atoms in total. The van der Waals surface area contributed by atoms with Gasteiger partial charge in [-0.2, -0.15) is 0 Å². The highest BCUT2D eigenvalue weighted by atomic mass is 35.5.